The molecule has 0 unspecified atom stereocenters. The first-order valence-electron chi connectivity index (χ1n) is 10.2. The number of carbonyl (C=O) groups excluding carboxylic acids is 1. The first kappa shape index (κ1) is 20.4. The van der Waals surface area contributed by atoms with Crippen LogP contribution in [-0.2, 0) is 16.1 Å². The number of thiazole rings is 1. The lowest BCUT2D eigenvalue weighted by atomic mass is 9.97. The van der Waals surface area contributed by atoms with Gasteiger partial charge in [0.15, 0.2) is 16.7 Å². The Morgan fingerprint density at radius 2 is 2.10 bits per heavy atom. The third-order valence-electron chi connectivity index (χ3n) is 5.21. The predicted octanol–water partition coefficient (Wildman–Crippen LogP) is 3.91. The summed E-state index contributed by atoms with van der Waals surface area (Å²) in [5.74, 6) is 2.32. The van der Waals surface area contributed by atoms with Crippen molar-refractivity contribution in [2.45, 2.75) is 26.3 Å². The minimum Gasteiger partial charge on any atom is -0.466 e. The fourth-order valence-electron chi connectivity index (χ4n) is 3.65. The third-order valence-corrected chi connectivity index (χ3v) is 6.26. The lowest BCUT2D eigenvalue weighted by molar-refractivity contribution is -0.149. The molecule has 0 saturated carbocycles. The first-order chi connectivity index (χ1) is 14.7. The van der Waals surface area contributed by atoms with Crippen LogP contribution in [0.25, 0.3) is 21.0 Å². The number of carbonyl (C=O) groups is 1. The largest absolute Gasteiger partial charge is 0.466 e. The molecule has 1 aliphatic heterocycles. The minimum atomic E-state index is -0.0851. The van der Waals surface area contributed by atoms with Crippen molar-refractivity contribution in [3.63, 3.8) is 0 Å². The van der Waals surface area contributed by atoms with E-state index in [9.17, 15) is 4.79 Å². The molecule has 1 fully saturated rings. The Morgan fingerprint density at radius 1 is 1.30 bits per heavy atom. The summed E-state index contributed by atoms with van der Waals surface area (Å²) in [7, 11) is 1.77. The van der Waals surface area contributed by atoms with Gasteiger partial charge < -0.3 is 19.4 Å². The van der Waals surface area contributed by atoms with Crippen molar-refractivity contribution < 1.29 is 13.9 Å². The lowest BCUT2D eigenvalue weighted by Crippen LogP contribution is -2.46. The normalized spacial score (nSPS) is 15.5. The summed E-state index contributed by atoms with van der Waals surface area (Å²) in [6, 6.07) is 12.0. The summed E-state index contributed by atoms with van der Waals surface area (Å²) in [5.41, 5.74) is 0.986. The highest BCUT2D eigenvalue weighted by Gasteiger charge is 2.27. The summed E-state index contributed by atoms with van der Waals surface area (Å²) in [4.78, 5) is 23.1. The maximum Gasteiger partial charge on any atom is 0.309 e. The fourth-order valence-corrected chi connectivity index (χ4v) is 4.58. The van der Waals surface area contributed by atoms with Crippen LogP contribution >= 0.6 is 11.3 Å². The molecule has 0 aliphatic carbocycles. The van der Waals surface area contributed by atoms with E-state index in [0.717, 1.165) is 58.6 Å². The molecule has 8 heteroatoms. The molecular weight excluding hydrogens is 400 g/mol. The van der Waals surface area contributed by atoms with Crippen molar-refractivity contribution in [3.8, 4) is 10.8 Å². The number of aromatic nitrogens is 1. The highest BCUT2D eigenvalue weighted by molar-refractivity contribution is 7.21. The first-order valence-corrected chi connectivity index (χ1v) is 11.1. The number of hydrogen-bond acceptors (Lipinski definition) is 6. The van der Waals surface area contributed by atoms with Crippen molar-refractivity contribution in [2.24, 2.45) is 10.9 Å². The molecule has 0 atom stereocenters. The van der Waals surface area contributed by atoms with Crippen LogP contribution in [0.15, 0.2) is 45.8 Å². The summed E-state index contributed by atoms with van der Waals surface area (Å²) < 4.78 is 12.3. The van der Waals surface area contributed by atoms with Gasteiger partial charge in [-0.2, -0.15) is 0 Å². The molecule has 1 N–H and O–H groups in total. The molecule has 0 amide bonds. The molecule has 4 rings (SSSR count). The third kappa shape index (κ3) is 4.48. The van der Waals surface area contributed by atoms with Gasteiger partial charge in [0.25, 0.3) is 0 Å². The van der Waals surface area contributed by atoms with Crippen molar-refractivity contribution in [1.29, 1.82) is 0 Å². The molecule has 30 heavy (non-hydrogen) atoms. The Morgan fingerprint density at radius 3 is 2.83 bits per heavy atom. The van der Waals surface area contributed by atoms with Gasteiger partial charge in [0.2, 0.25) is 0 Å². The zero-order chi connectivity index (χ0) is 20.9. The van der Waals surface area contributed by atoms with Crippen molar-refractivity contribution >= 4 is 33.5 Å². The standard InChI is InChI=1S/C22H26N4O3S/c1-3-28-21(27)15-10-12-26(13-11-15)22(23-2)24-14-16-8-9-18(29-16)20-25-17-6-4-5-7-19(17)30-20/h4-9,15H,3,10-14H2,1-2H3,(H,23,24). The molecule has 7 nitrogen and oxygen atoms in total. The number of nitrogens with zero attached hydrogens (tertiary/aromatic N) is 3. The average molecular weight is 427 g/mol. The number of benzene rings is 1. The number of nitrogens with one attached hydrogen (secondary N) is 1. The number of esters is 1. The van der Waals surface area contributed by atoms with E-state index in [4.69, 9.17) is 9.15 Å². The molecule has 3 aromatic rings. The van der Waals surface area contributed by atoms with Crippen LogP contribution in [0.4, 0.5) is 0 Å². The van der Waals surface area contributed by atoms with Crippen molar-refractivity contribution in [3.05, 3.63) is 42.2 Å². The van der Waals surface area contributed by atoms with Gasteiger partial charge >= 0.3 is 5.97 Å². The van der Waals surface area contributed by atoms with E-state index in [-0.39, 0.29) is 11.9 Å². The Bertz CT molecular complexity index is 1000. The van der Waals surface area contributed by atoms with Crippen LogP contribution in [0.2, 0.25) is 0 Å². The number of para-hydroxylation sites is 1. The van der Waals surface area contributed by atoms with Gasteiger partial charge in [-0.3, -0.25) is 9.79 Å². The highest BCUT2D eigenvalue weighted by atomic mass is 32.1. The van der Waals surface area contributed by atoms with Gasteiger partial charge in [-0.1, -0.05) is 12.1 Å². The SMILES string of the molecule is CCOC(=O)C1CCN(C(=NC)NCc2ccc(-c3nc4ccccc4s3)o2)CC1. The van der Waals surface area contributed by atoms with E-state index in [1.165, 1.54) is 0 Å². The molecule has 0 radical (unpaired) electrons. The van der Waals surface area contributed by atoms with Gasteiger partial charge in [-0.05, 0) is 44.0 Å². The molecule has 3 heterocycles. The summed E-state index contributed by atoms with van der Waals surface area (Å²) >= 11 is 1.63. The van der Waals surface area contributed by atoms with Gasteiger partial charge in [-0.25, -0.2) is 4.98 Å². The summed E-state index contributed by atoms with van der Waals surface area (Å²) in [6.07, 6.45) is 1.56. The van der Waals surface area contributed by atoms with Crippen LogP contribution in [0, 0.1) is 5.92 Å². The fraction of sp³-hybridized carbons (Fsp3) is 0.409. The monoisotopic (exact) mass is 426 g/mol. The smallest absolute Gasteiger partial charge is 0.309 e. The second-order valence-electron chi connectivity index (χ2n) is 7.17. The number of ether oxygens (including phenoxy) is 1. The van der Waals surface area contributed by atoms with Gasteiger partial charge in [0.05, 0.1) is 29.3 Å². The van der Waals surface area contributed by atoms with E-state index in [1.807, 2.05) is 37.3 Å². The van der Waals surface area contributed by atoms with E-state index >= 15 is 0 Å². The van der Waals surface area contributed by atoms with Gasteiger partial charge in [-0.15, -0.1) is 11.3 Å². The summed E-state index contributed by atoms with van der Waals surface area (Å²) in [6.45, 7) is 4.37. The van der Waals surface area contributed by atoms with Crippen LogP contribution < -0.4 is 5.32 Å². The molecule has 1 aliphatic rings. The lowest BCUT2D eigenvalue weighted by Gasteiger charge is -2.33. The zero-order valence-corrected chi connectivity index (χ0v) is 18.1. The predicted molar refractivity (Wildman–Crippen MR) is 118 cm³/mol. The average Bonchev–Trinajstić information content (AvgIpc) is 3.41. The Kier molecular flexibility index (Phi) is 6.32. The quantitative estimate of drug-likeness (QED) is 0.379. The number of fused-ring (bicyclic) bond motifs is 1. The second kappa shape index (κ2) is 9.30. The molecule has 2 aromatic heterocycles. The van der Waals surface area contributed by atoms with Gasteiger partial charge in [0.1, 0.15) is 5.76 Å². The minimum absolute atomic E-state index is 0.0132. The number of aliphatic imine (C=N–C) groups is 1. The Labute approximate surface area is 179 Å². The molecular formula is C22H26N4O3S. The van der Waals surface area contributed by atoms with Crippen LogP contribution in [0.3, 0.4) is 0 Å². The Balaban J connectivity index is 1.33. The molecule has 0 bridgehead atoms. The molecule has 1 aromatic carbocycles. The Hall–Kier alpha value is -2.87. The maximum absolute atomic E-state index is 11.9. The highest BCUT2D eigenvalue weighted by Crippen LogP contribution is 2.31. The number of furan rings is 1. The van der Waals surface area contributed by atoms with E-state index in [1.54, 1.807) is 18.4 Å². The van der Waals surface area contributed by atoms with Crippen molar-refractivity contribution in [1.82, 2.24) is 15.2 Å². The number of hydrogen-bond donors (Lipinski definition) is 1. The molecule has 1 saturated heterocycles. The van der Waals surface area contributed by atoms with E-state index in [0.29, 0.717) is 13.2 Å². The zero-order valence-electron chi connectivity index (χ0n) is 17.3. The molecule has 158 valence electrons. The van der Waals surface area contributed by atoms with Gasteiger partial charge in [0, 0.05) is 20.1 Å². The van der Waals surface area contributed by atoms with Crippen LogP contribution in [-0.4, -0.2) is 48.6 Å². The summed E-state index contributed by atoms with van der Waals surface area (Å²) in [5, 5.41) is 4.25. The van der Waals surface area contributed by atoms with E-state index in [2.05, 4.69) is 26.3 Å². The number of piperidine rings is 1. The number of rotatable bonds is 5. The van der Waals surface area contributed by atoms with Crippen LogP contribution in [0.5, 0.6) is 0 Å². The van der Waals surface area contributed by atoms with Crippen LogP contribution in [0.1, 0.15) is 25.5 Å². The number of likely N-dealkylation sites (tertiary alicyclic amines) is 1. The maximum atomic E-state index is 11.9. The topological polar surface area (TPSA) is 80.0 Å². The molecule has 0 spiro atoms. The van der Waals surface area contributed by atoms with Crippen molar-refractivity contribution in [2.75, 3.05) is 26.7 Å². The number of guanidine groups is 1. The second-order valence-corrected chi connectivity index (χ2v) is 8.20. The van der Waals surface area contributed by atoms with E-state index < -0.39 is 0 Å².